The molecule has 0 atom stereocenters. The molecule has 1 fully saturated rings. The lowest BCUT2D eigenvalue weighted by atomic mass is 10.0. The molecule has 2 aliphatic rings. The van der Waals surface area contributed by atoms with Crippen molar-refractivity contribution < 1.29 is 28.5 Å². The van der Waals surface area contributed by atoms with E-state index >= 15 is 0 Å². The Morgan fingerprint density at radius 3 is 2.55 bits per heavy atom. The van der Waals surface area contributed by atoms with Crippen LogP contribution in [0.25, 0.3) is 0 Å². The molecule has 0 spiro atoms. The molecule has 0 N–H and O–H groups in total. The van der Waals surface area contributed by atoms with E-state index in [1.807, 2.05) is 23.1 Å². The van der Waals surface area contributed by atoms with Gasteiger partial charge in [-0.1, -0.05) is 12.1 Å². The highest BCUT2D eigenvalue weighted by atomic mass is 16.5. The van der Waals surface area contributed by atoms with Gasteiger partial charge in [-0.3, -0.25) is 9.59 Å². The van der Waals surface area contributed by atoms with E-state index in [4.69, 9.17) is 18.9 Å². The number of benzene rings is 1. The minimum atomic E-state index is -0.189. The number of fused-ring (bicyclic) bond motifs is 1. The summed E-state index contributed by atoms with van der Waals surface area (Å²) in [4.78, 5) is 33.5. The molecule has 1 aromatic carbocycles. The van der Waals surface area contributed by atoms with Crippen LogP contribution in [0.1, 0.15) is 27.9 Å². The summed E-state index contributed by atoms with van der Waals surface area (Å²) in [6.07, 6.45) is 1.07. The molecule has 9 heteroatoms. The van der Waals surface area contributed by atoms with E-state index in [9.17, 15) is 9.59 Å². The maximum absolute atomic E-state index is 13.3. The number of hydrogen-bond acceptors (Lipinski definition) is 7. The molecule has 0 radical (unpaired) electrons. The predicted octanol–water partition coefficient (Wildman–Crippen LogP) is 1.92. The molecule has 1 saturated heterocycles. The van der Waals surface area contributed by atoms with Gasteiger partial charge in [-0.25, -0.2) is 0 Å². The number of rotatable bonds is 6. The van der Waals surface area contributed by atoms with Crippen LogP contribution >= 0.6 is 0 Å². The molecule has 0 aliphatic carbocycles. The number of amides is 2. The van der Waals surface area contributed by atoms with Crippen molar-refractivity contribution in [2.75, 3.05) is 53.7 Å². The topological polar surface area (TPSA) is 90.4 Å². The molecular formula is C24H29N3O6. The van der Waals surface area contributed by atoms with E-state index in [2.05, 4.69) is 4.98 Å². The number of hydrogen-bond donors (Lipinski definition) is 0. The minimum absolute atomic E-state index is 0.139. The van der Waals surface area contributed by atoms with E-state index in [1.165, 1.54) is 14.2 Å². The first-order valence-corrected chi connectivity index (χ1v) is 11.1. The first kappa shape index (κ1) is 22.8. The molecule has 9 nitrogen and oxygen atoms in total. The summed E-state index contributed by atoms with van der Waals surface area (Å²) in [7, 11) is 2.99. The summed E-state index contributed by atoms with van der Waals surface area (Å²) in [5, 5.41) is 0. The number of nitrogens with zero attached hydrogens (tertiary/aromatic N) is 3. The van der Waals surface area contributed by atoms with Crippen LogP contribution < -0.4 is 14.2 Å². The van der Waals surface area contributed by atoms with Crippen molar-refractivity contribution in [2.45, 2.75) is 19.4 Å². The van der Waals surface area contributed by atoms with E-state index < -0.39 is 0 Å². The number of carbonyl (C=O) groups is 2. The molecule has 1 aromatic heterocycles. The van der Waals surface area contributed by atoms with E-state index in [0.717, 1.165) is 16.9 Å². The van der Waals surface area contributed by atoms with Gasteiger partial charge in [0.25, 0.3) is 5.91 Å². The molecule has 4 rings (SSSR count). The van der Waals surface area contributed by atoms with Gasteiger partial charge < -0.3 is 28.7 Å². The Morgan fingerprint density at radius 2 is 1.79 bits per heavy atom. The fraction of sp³-hybridized carbons (Fsp3) is 0.458. The van der Waals surface area contributed by atoms with Crippen molar-refractivity contribution in [1.29, 1.82) is 0 Å². The van der Waals surface area contributed by atoms with Crippen LogP contribution in [-0.2, 0) is 22.5 Å². The third-order valence-electron chi connectivity index (χ3n) is 5.85. The fourth-order valence-corrected chi connectivity index (χ4v) is 4.02. The average molecular weight is 456 g/mol. The smallest absolute Gasteiger partial charge is 0.259 e. The second-order valence-electron chi connectivity index (χ2n) is 7.92. The van der Waals surface area contributed by atoms with Crippen LogP contribution in [0.4, 0.5) is 0 Å². The quantitative estimate of drug-likeness (QED) is 0.657. The predicted molar refractivity (Wildman–Crippen MR) is 120 cm³/mol. The Kier molecular flexibility index (Phi) is 7.29. The summed E-state index contributed by atoms with van der Waals surface area (Å²) in [5.74, 6) is 1.31. The summed E-state index contributed by atoms with van der Waals surface area (Å²) >= 11 is 0. The van der Waals surface area contributed by atoms with Crippen LogP contribution in [0, 0.1) is 0 Å². The number of morpholine rings is 1. The zero-order valence-electron chi connectivity index (χ0n) is 19.0. The van der Waals surface area contributed by atoms with Crippen molar-refractivity contribution in [3.8, 4) is 17.5 Å². The van der Waals surface area contributed by atoms with Gasteiger partial charge in [-0.05, 0) is 24.1 Å². The minimum Gasteiger partial charge on any atom is -0.491 e. The monoisotopic (exact) mass is 455 g/mol. The van der Waals surface area contributed by atoms with Gasteiger partial charge in [0, 0.05) is 37.7 Å². The van der Waals surface area contributed by atoms with Crippen molar-refractivity contribution >= 4 is 11.8 Å². The van der Waals surface area contributed by atoms with Gasteiger partial charge in [0.15, 0.2) is 0 Å². The first-order chi connectivity index (χ1) is 16.1. The third kappa shape index (κ3) is 5.36. The molecule has 176 valence electrons. The fourth-order valence-electron chi connectivity index (χ4n) is 4.02. The third-order valence-corrected chi connectivity index (χ3v) is 5.85. The molecule has 2 aromatic rings. The molecular weight excluding hydrogens is 426 g/mol. The Balaban J connectivity index is 1.46. The van der Waals surface area contributed by atoms with Gasteiger partial charge in [0.05, 0.1) is 34.0 Å². The molecule has 0 bridgehead atoms. The molecule has 2 aliphatic heterocycles. The van der Waals surface area contributed by atoms with Gasteiger partial charge >= 0.3 is 0 Å². The molecule has 0 unspecified atom stereocenters. The van der Waals surface area contributed by atoms with Crippen molar-refractivity contribution in [2.24, 2.45) is 0 Å². The number of methoxy groups -OCH3 is 2. The lowest BCUT2D eigenvalue weighted by Gasteiger charge is -2.26. The van der Waals surface area contributed by atoms with Crippen molar-refractivity contribution in [3.05, 3.63) is 47.0 Å². The van der Waals surface area contributed by atoms with E-state index in [1.54, 1.807) is 17.0 Å². The number of ether oxygens (including phenoxy) is 4. The second kappa shape index (κ2) is 10.5. The van der Waals surface area contributed by atoms with Crippen molar-refractivity contribution in [3.63, 3.8) is 0 Å². The number of pyridine rings is 1. The normalized spacial score (nSPS) is 15.8. The maximum atomic E-state index is 13.3. The number of aryl methyl sites for hydroxylation is 1. The average Bonchev–Trinajstić information content (AvgIpc) is 3.09. The molecule has 33 heavy (non-hydrogen) atoms. The summed E-state index contributed by atoms with van der Waals surface area (Å²) in [5.41, 5.74) is 2.32. The first-order valence-electron chi connectivity index (χ1n) is 11.1. The van der Waals surface area contributed by atoms with Crippen LogP contribution in [0.15, 0.2) is 30.3 Å². The maximum Gasteiger partial charge on any atom is 0.259 e. The lowest BCUT2D eigenvalue weighted by Crippen LogP contribution is -2.40. The summed E-state index contributed by atoms with van der Waals surface area (Å²) in [6, 6.07) is 9.23. The van der Waals surface area contributed by atoms with Crippen LogP contribution in [0.3, 0.4) is 0 Å². The number of aromatic nitrogens is 1. The Morgan fingerprint density at radius 1 is 1.00 bits per heavy atom. The van der Waals surface area contributed by atoms with Crippen LogP contribution in [-0.4, -0.2) is 80.3 Å². The molecule has 3 heterocycles. The van der Waals surface area contributed by atoms with Gasteiger partial charge in [-0.15, -0.1) is 0 Å². The van der Waals surface area contributed by atoms with Crippen LogP contribution in [0.2, 0.25) is 0 Å². The van der Waals surface area contributed by atoms with E-state index in [-0.39, 0.29) is 17.7 Å². The Hall–Kier alpha value is -3.33. The lowest BCUT2D eigenvalue weighted by molar-refractivity contribution is -0.135. The number of carbonyl (C=O) groups excluding carboxylic acids is 2. The second-order valence-corrected chi connectivity index (χ2v) is 7.92. The zero-order valence-corrected chi connectivity index (χ0v) is 19.0. The summed E-state index contributed by atoms with van der Waals surface area (Å²) < 4.78 is 21.6. The summed E-state index contributed by atoms with van der Waals surface area (Å²) in [6.45, 7) is 3.72. The largest absolute Gasteiger partial charge is 0.491 e. The SMILES string of the molecule is COc1ccc(C(=O)N2CCOc3ccc(CCC(=O)N4CCOCC4)cc3C2)c(OC)n1. The van der Waals surface area contributed by atoms with Gasteiger partial charge in [0.1, 0.15) is 17.9 Å². The standard InChI is InChI=1S/C24H29N3O6/c1-30-21-7-5-19(23(25-21)31-2)24(29)27-11-14-33-20-6-3-17(15-18(20)16-27)4-8-22(28)26-9-12-32-13-10-26/h3,5-7,15H,4,8-14,16H2,1-2H3. The van der Waals surface area contributed by atoms with Crippen LogP contribution in [0.5, 0.6) is 17.5 Å². The highest BCUT2D eigenvalue weighted by Gasteiger charge is 2.25. The van der Waals surface area contributed by atoms with E-state index in [0.29, 0.717) is 70.3 Å². The highest BCUT2D eigenvalue weighted by Crippen LogP contribution is 2.28. The van der Waals surface area contributed by atoms with Gasteiger partial charge in [-0.2, -0.15) is 4.98 Å². The molecule has 0 saturated carbocycles. The Labute approximate surface area is 193 Å². The van der Waals surface area contributed by atoms with Gasteiger partial charge in [0.2, 0.25) is 17.7 Å². The van der Waals surface area contributed by atoms with Crippen molar-refractivity contribution in [1.82, 2.24) is 14.8 Å². The highest BCUT2D eigenvalue weighted by molar-refractivity contribution is 5.96. The molecule has 2 amide bonds. The zero-order chi connectivity index (χ0) is 23.2. The Bertz CT molecular complexity index is 1010.